The largest absolute Gasteiger partial charge is 0.506 e. The molecule has 1 aromatic heterocycles. The number of hydrogen-bond donors (Lipinski definition) is 5. The summed E-state index contributed by atoms with van der Waals surface area (Å²) in [5.41, 5.74) is 4.70. The second-order valence-corrected chi connectivity index (χ2v) is 15.8. The molecular weight excluding hydrogens is 739 g/mol. The molecule has 2 amide bonds. The van der Waals surface area contributed by atoms with Crippen molar-refractivity contribution >= 4 is 39.3 Å². The number of hydrogen-bond acceptors (Lipinski definition) is 9. The molecule has 4 aromatic carbocycles. The van der Waals surface area contributed by atoms with Gasteiger partial charge < -0.3 is 35.7 Å². The number of phenolic OH excluding ortho intramolecular Hbond substituents is 1. The number of phenols is 1. The number of ketones is 1. The first-order valence-corrected chi connectivity index (χ1v) is 20.8. The number of ether oxygens (including phenoxy) is 1. The Morgan fingerprint density at radius 1 is 0.860 bits per heavy atom. The van der Waals surface area contributed by atoms with Crippen molar-refractivity contribution in [2.24, 2.45) is 0 Å². The van der Waals surface area contributed by atoms with Crippen LogP contribution in [-0.2, 0) is 35.5 Å². The second kappa shape index (κ2) is 20.7. The third-order valence-corrected chi connectivity index (χ3v) is 11.6. The molecule has 300 valence electrons. The summed E-state index contributed by atoms with van der Waals surface area (Å²) in [6.07, 6.45) is 6.93. The standard InChI is InChI=1S/C45H53N5O6S/c1-31(46-26-24-32-18-20-36(21-19-32)43(53)47-28-33-12-6-4-7-13-33)41(52)38(48-37-16-10-2-3-11-17-37)29-50(45(55)56-30-34-14-8-5-9-15-34)27-25-35-22-23-39(51)40-42(35)57-44(54)49-40/h4-9,12-15,18-23,31,37-38,46,48,51H,2-3,10-11,16-17,24-30H2,1H3,(H,47,53)(H,49,54)/t31-,38?/m0/s1. The molecule has 0 bridgehead atoms. The molecule has 11 nitrogen and oxygen atoms in total. The van der Waals surface area contributed by atoms with Gasteiger partial charge in [-0.05, 0) is 79.6 Å². The lowest BCUT2D eigenvalue weighted by molar-refractivity contribution is -0.123. The molecule has 0 radical (unpaired) electrons. The summed E-state index contributed by atoms with van der Waals surface area (Å²) >= 11 is 1.02. The van der Waals surface area contributed by atoms with Gasteiger partial charge in [-0.3, -0.25) is 14.4 Å². The van der Waals surface area contributed by atoms with Crippen LogP contribution in [0.3, 0.4) is 0 Å². The Bertz CT molecular complexity index is 2110. The van der Waals surface area contributed by atoms with E-state index in [2.05, 4.69) is 20.9 Å². The number of Topliss-reactive ketones (excluding diaryl/α,β-unsaturated/α-hetero) is 1. The van der Waals surface area contributed by atoms with Gasteiger partial charge in [-0.1, -0.05) is 116 Å². The van der Waals surface area contributed by atoms with Crippen molar-refractivity contribution in [3.8, 4) is 5.75 Å². The minimum Gasteiger partial charge on any atom is -0.506 e. The van der Waals surface area contributed by atoms with Gasteiger partial charge in [0.15, 0.2) is 5.78 Å². The number of nitrogens with one attached hydrogen (secondary N) is 4. The fraction of sp³-hybridized carbons (Fsp3) is 0.378. The zero-order valence-corrected chi connectivity index (χ0v) is 33.3. The molecule has 0 aliphatic heterocycles. The van der Waals surface area contributed by atoms with E-state index < -0.39 is 18.2 Å². The third kappa shape index (κ3) is 12.1. The van der Waals surface area contributed by atoms with E-state index in [1.165, 1.54) is 12.8 Å². The fourth-order valence-electron chi connectivity index (χ4n) is 7.31. The van der Waals surface area contributed by atoms with Gasteiger partial charge in [0, 0.05) is 31.2 Å². The van der Waals surface area contributed by atoms with Gasteiger partial charge in [0.2, 0.25) is 0 Å². The number of carbonyl (C=O) groups excluding carboxylic acids is 3. The number of aromatic nitrogens is 1. The molecule has 57 heavy (non-hydrogen) atoms. The minimum atomic E-state index is -0.656. The third-order valence-electron chi connectivity index (χ3n) is 10.6. The molecule has 5 N–H and O–H groups in total. The molecule has 0 saturated heterocycles. The highest BCUT2D eigenvalue weighted by atomic mass is 32.1. The van der Waals surface area contributed by atoms with Crippen LogP contribution < -0.4 is 20.8 Å². The Balaban J connectivity index is 1.12. The quantitative estimate of drug-likeness (QED) is 0.0603. The maximum Gasteiger partial charge on any atom is 0.410 e. The number of aromatic hydroxyl groups is 1. The molecule has 0 spiro atoms. The summed E-state index contributed by atoms with van der Waals surface area (Å²) < 4.78 is 6.46. The molecule has 5 aromatic rings. The fourth-order valence-corrected chi connectivity index (χ4v) is 8.20. The van der Waals surface area contributed by atoms with Crippen molar-refractivity contribution < 1.29 is 24.2 Å². The van der Waals surface area contributed by atoms with E-state index in [1.54, 1.807) is 17.0 Å². The number of thiazole rings is 1. The van der Waals surface area contributed by atoms with Gasteiger partial charge in [0.05, 0.1) is 16.8 Å². The zero-order chi connectivity index (χ0) is 40.0. The van der Waals surface area contributed by atoms with E-state index in [4.69, 9.17) is 4.74 Å². The summed E-state index contributed by atoms with van der Waals surface area (Å²) in [6, 6.07) is 29.1. The van der Waals surface area contributed by atoms with Crippen LogP contribution in [0.2, 0.25) is 0 Å². The normalized spacial score (nSPS) is 14.4. The lowest BCUT2D eigenvalue weighted by Gasteiger charge is -2.31. The Kier molecular flexibility index (Phi) is 15.0. The van der Waals surface area contributed by atoms with Crippen LogP contribution in [0.15, 0.2) is 102 Å². The number of benzene rings is 4. The topological polar surface area (TPSA) is 153 Å². The van der Waals surface area contributed by atoms with E-state index >= 15 is 0 Å². The van der Waals surface area contributed by atoms with Crippen molar-refractivity contribution in [2.45, 2.75) is 89.6 Å². The van der Waals surface area contributed by atoms with Crippen molar-refractivity contribution in [3.63, 3.8) is 0 Å². The molecule has 1 unspecified atom stereocenters. The smallest absolute Gasteiger partial charge is 0.410 e. The number of carbonyl (C=O) groups is 3. The molecule has 2 atom stereocenters. The maximum atomic E-state index is 14.3. The summed E-state index contributed by atoms with van der Waals surface area (Å²) in [4.78, 5) is 57.1. The first-order valence-electron chi connectivity index (χ1n) is 20.0. The van der Waals surface area contributed by atoms with Crippen LogP contribution in [0.5, 0.6) is 5.75 Å². The minimum absolute atomic E-state index is 0.00933. The number of amides is 2. The maximum absolute atomic E-state index is 14.3. The summed E-state index contributed by atoms with van der Waals surface area (Å²) in [5, 5.41) is 20.4. The number of aromatic amines is 1. The summed E-state index contributed by atoms with van der Waals surface area (Å²) in [5.74, 6) is -0.183. The van der Waals surface area contributed by atoms with Crippen molar-refractivity contribution in [2.75, 3.05) is 19.6 Å². The molecular formula is C45H53N5O6S. The highest BCUT2D eigenvalue weighted by Gasteiger charge is 2.31. The molecule has 6 rings (SSSR count). The molecule has 1 heterocycles. The monoisotopic (exact) mass is 791 g/mol. The average Bonchev–Trinajstić information content (AvgIpc) is 3.46. The number of fused-ring (bicyclic) bond motifs is 1. The summed E-state index contributed by atoms with van der Waals surface area (Å²) in [6.45, 7) is 3.29. The van der Waals surface area contributed by atoms with Gasteiger partial charge in [0.1, 0.15) is 17.9 Å². The van der Waals surface area contributed by atoms with E-state index in [0.29, 0.717) is 41.7 Å². The lowest BCUT2D eigenvalue weighted by atomic mass is 10.0. The Labute approximate surface area is 337 Å². The first kappa shape index (κ1) is 41.3. The predicted molar refractivity (Wildman–Crippen MR) is 225 cm³/mol. The molecule has 1 saturated carbocycles. The Morgan fingerprint density at radius 3 is 2.25 bits per heavy atom. The van der Waals surface area contributed by atoms with E-state index in [9.17, 15) is 24.3 Å². The SMILES string of the molecule is C[C@H](NCCc1ccc(C(=O)NCc2ccccc2)cc1)C(=O)C(CN(CCc1ccc(O)c2[nH]c(=O)sc12)C(=O)OCc1ccccc1)NC1CCCCCC1. The van der Waals surface area contributed by atoms with Gasteiger partial charge in [-0.2, -0.15) is 0 Å². The molecule has 1 fully saturated rings. The lowest BCUT2D eigenvalue weighted by Crippen LogP contribution is -2.56. The van der Waals surface area contributed by atoms with Crippen molar-refractivity contribution in [3.05, 3.63) is 135 Å². The Morgan fingerprint density at radius 2 is 1.54 bits per heavy atom. The highest BCUT2D eigenvalue weighted by molar-refractivity contribution is 7.16. The second-order valence-electron chi connectivity index (χ2n) is 14.8. The van der Waals surface area contributed by atoms with Crippen molar-refractivity contribution in [1.82, 2.24) is 25.8 Å². The van der Waals surface area contributed by atoms with Crippen LogP contribution in [0.25, 0.3) is 10.2 Å². The Hall–Kier alpha value is -5.30. The van der Waals surface area contributed by atoms with Gasteiger partial charge in [0.25, 0.3) is 5.91 Å². The molecule has 1 aliphatic carbocycles. The molecule has 12 heteroatoms. The van der Waals surface area contributed by atoms with Crippen LogP contribution in [0.4, 0.5) is 4.79 Å². The number of rotatable bonds is 18. The highest BCUT2D eigenvalue weighted by Crippen LogP contribution is 2.28. The van der Waals surface area contributed by atoms with Crippen LogP contribution in [-0.4, -0.2) is 70.5 Å². The first-order chi connectivity index (χ1) is 27.7. The number of nitrogens with zero attached hydrogens (tertiary/aromatic N) is 1. The van der Waals surface area contributed by atoms with E-state index in [-0.39, 0.29) is 48.1 Å². The predicted octanol–water partition coefficient (Wildman–Crippen LogP) is 6.88. The van der Waals surface area contributed by atoms with Crippen LogP contribution in [0, 0.1) is 0 Å². The van der Waals surface area contributed by atoms with Gasteiger partial charge in [-0.25, -0.2) is 4.79 Å². The summed E-state index contributed by atoms with van der Waals surface area (Å²) in [7, 11) is 0. The zero-order valence-electron chi connectivity index (χ0n) is 32.5. The van der Waals surface area contributed by atoms with Crippen molar-refractivity contribution in [1.29, 1.82) is 0 Å². The average molecular weight is 792 g/mol. The molecule has 1 aliphatic rings. The van der Waals surface area contributed by atoms with E-state index in [0.717, 1.165) is 59.3 Å². The van der Waals surface area contributed by atoms with Gasteiger partial charge >= 0.3 is 11.0 Å². The van der Waals surface area contributed by atoms with Gasteiger partial charge in [-0.15, -0.1) is 0 Å². The number of H-pyrrole nitrogens is 1. The van der Waals surface area contributed by atoms with Crippen LogP contribution >= 0.6 is 11.3 Å². The van der Waals surface area contributed by atoms with E-state index in [1.807, 2.05) is 91.9 Å². The van der Waals surface area contributed by atoms with Crippen LogP contribution in [0.1, 0.15) is 78.1 Å².